The highest BCUT2D eigenvalue weighted by molar-refractivity contribution is 7.86. The first kappa shape index (κ1) is 12.1. The number of methoxy groups -OCH3 is 2. The quantitative estimate of drug-likeness (QED) is 0.630. The Kier molecular flexibility index (Phi) is 4.97. The molecule has 0 aromatic rings. The van der Waals surface area contributed by atoms with E-state index in [-0.39, 0.29) is 11.0 Å². The van der Waals surface area contributed by atoms with Gasteiger partial charge < -0.3 is 9.47 Å². The molecular weight excluding hydrogens is 176 g/mol. The molecule has 0 aromatic heterocycles. The molecule has 0 fully saturated rings. The smallest absolute Gasteiger partial charge is 0.168 e. The highest BCUT2D eigenvalue weighted by Crippen LogP contribution is 2.12. The molecule has 0 saturated heterocycles. The van der Waals surface area contributed by atoms with Gasteiger partial charge in [-0.25, -0.2) is 0 Å². The fourth-order valence-corrected chi connectivity index (χ4v) is 1.63. The fourth-order valence-electron chi connectivity index (χ4n) is 0.606. The molecule has 0 aliphatic rings. The van der Waals surface area contributed by atoms with Crippen LogP contribution in [0.3, 0.4) is 0 Å². The molecule has 4 heteroatoms. The van der Waals surface area contributed by atoms with Crippen molar-refractivity contribution in [1.82, 2.24) is 0 Å². The lowest BCUT2D eigenvalue weighted by molar-refractivity contribution is -0.0848. The summed E-state index contributed by atoms with van der Waals surface area (Å²) in [5, 5.41) is 0. The Balaban J connectivity index is 3.99. The molecule has 0 bridgehead atoms. The molecule has 12 heavy (non-hydrogen) atoms. The largest absolute Gasteiger partial charge is 0.355 e. The van der Waals surface area contributed by atoms with E-state index in [1.165, 1.54) is 0 Å². The van der Waals surface area contributed by atoms with Gasteiger partial charge in [-0.15, -0.1) is 0 Å². The molecule has 0 rings (SSSR count). The van der Waals surface area contributed by atoms with Crippen LogP contribution in [0, 0.1) is 0 Å². The second-order valence-electron chi connectivity index (χ2n) is 3.53. The highest BCUT2D eigenvalue weighted by atomic mass is 32.2. The van der Waals surface area contributed by atoms with Gasteiger partial charge in [0, 0.05) is 29.8 Å². The van der Waals surface area contributed by atoms with Gasteiger partial charge in [0.2, 0.25) is 0 Å². The fraction of sp³-hybridized carbons (Fsp3) is 1.00. The van der Waals surface area contributed by atoms with Crippen molar-refractivity contribution >= 4 is 10.8 Å². The van der Waals surface area contributed by atoms with Crippen LogP contribution in [-0.2, 0) is 20.3 Å². The summed E-state index contributed by atoms with van der Waals surface area (Å²) in [5.41, 5.74) is 0. The van der Waals surface area contributed by atoms with Gasteiger partial charge in [-0.05, 0) is 20.8 Å². The Morgan fingerprint density at radius 3 is 1.92 bits per heavy atom. The number of ether oxygens (including phenoxy) is 2. The summed E-state index contributed by atoms with van der Waals surface area (Å²) in [6, 6.07) is 0. The summed E-state index contributed by atoms with van der Waals surface area (Å²) in [7, 11) is 2.18. The van der Waals surface area contributed by atoms with Gasteiger partial charge in [0.1, 0.15) is 0 Å². The molecule has 3 nitrogen and oxygen atoms in total. The molecule has 74 valence electrons. The average molecular weight is 194 g/mol. The molecule has 0 aliphatic heterocycles. The summed E-state index contributed by atoms with van der Waals surface area (Å²) < 4.78 is 21.2. The minimum absolute atomic E-state index is 0.199. The summed E-state index contributed by atoms with van der Waals surface area (Å²) in [6.07, 6.45) is -0.356. The first-order valence-corrected chi connectivity index (χ1v) is 5.17. The van der Waals surface area contributed by atoms with E-state index in [0.717, 1.165) is 0 Å². The van der Waals surface area contributed by atoms with E-state index in [9.17, 15) is 4.21 Å². The first-order valence-electron chi connectivity index (χ1n) is 3.86. The van der Waals surface area contributed by atoms with Crippen molar-refractivity contribution in [3.63, 3.8) is 0 Å². The maximum Gasteiger partial charge on any atom is 0.168 e. The van der Waals surface area contributed by atoms with E-state index >= 15 is 0 Å². The molecule has 1 unspecified atom stereocenters. The van der Waals surface area contributed by atoms with Gasteiger partial charge in [-0.1, -0.05) is 0 Å². The topological polar surface area (TPSA) is 35.5 Å². The van der Waals surface area contributed by atoms with Crippen molar-refractivity contribution in [2.24, 2.45) is 0 Å². The average Bonchev–Trinajstić information content (AvgIpc) is 1.97. The summed E-state index contributed by atoms with van der Waals surface area (Å²) in [6.45, 7) is 5.81. The van der Waals surface area contributed by atoms with Crippen LogP contribution in [0.4, 0.5) is 0 Å². The van der Waals surface area contributed by atoms with Gasteiger partial charge in [0.05, 0.1) is 5.75 Å². The van der Waals surface area contributed by atoms with E-state index in [4.69, 9.17) is 9.47 Å². The summed E-state index contributed by atoms with van der Waals surface area (Å²) >= 11 is 0. The van der Waals surface area contributed by atoms with E-state index in [1.54, 1.807) is 14.2 Å². The van der Waals surface area contributed by atoms with Crippen LogP contribution in [0.2, 0.25) is 0 Å². The normalized spacial score (nSPS) is 15.2. The second-order valence-corrected chi connectivity index (χ2v) is 5.77. The Labute approximate surface area is 76.9 Å². The van der Waals surface area contributed by atoms with Crippen LogP contribution in [0.25, 0.3) is 0 Å². The van der Waals surface area contributed by atoms with Gasteiger partial charge in [-0.2, -0.15) is 0 Å². The Morgan fingerprint density at radius 1 is 1.25 bits per heavy atom. The Morgan fingerprint density at radius 2 is 1.67 bits per heavy atom. The zero-order valence-electron chi connectivity index (χ0n) is 8.42. The predicted octanol–water partition coefficient (Wildman–Crippen LogP) is 1.15. The Hall–Kier alpha value is 0.0700. The van der Waals surface area contributed by atoms with Gasteiger partial charge >= 0.3 is 0 Å². The van der Waals surface area contributed by atoms with Crippen LogP contribution < -0.4 is 0 Å². The third kappa shape index (κ3) is 4.18. The lowest BCUT2D eigenvalue weighted by Crippen LogP contribution is -2.31. The molecule has 0 saturated carbocycles. The van der Waals surface area contributed by atoms with Crippen molar-refractivity contribution in [2.75, 3.05) is 20.0 Å². The summed E-state index contributed by atoms with van der Waals surface area (Å²) in [5.74, 6) is 0.427. The number of hydrogen-bond donors (Lipinski definition) is 0. The van der Waals surface area contributed by atoms with Crippen molar-refractivity contribution in [1.29, 1.82) is 0 Å². The molecule has 0 heterocycles. The molecule has 0 aliphatic carbocycles. The highest BCUT2D eigenvalue weighted by Gasteiger charge is 2.22. The van der Waals surface area contributed by atoms with Crippen LogP contribution in [0.1, 0.15) is 20.8 Å². The van der Waals surface area contributed by atoms with Crippen LogP contribution >= 0.6 is 0 Å². The maximum atomic E-state index is 11.5. The standard InChI is InChI=1S/C8H18O3S/c1-8(2,3)12(9)6-7(10-4)11-5/h7H,6H2,1-5H3. The van der Waals surface area contributed by atoms with Crippen LogP contribution in [0.15, 0.2) is 0 Å². The molecule has 0 radical (unpaired) electrons. The Bertz CT molecular complexity index is 147. The minimum Gasteiger partial charge on any atom is -0.355 e. The third-order valence-corrected chi connectivity index (χ3v) is 3.44. The van der Waals surface area contributed by atoms with Crippen molar-refractivity contribution < 1.29 is 13.7 Å². The lowest BCUT2D eigenvalue weighted by atomic mass is 10.3. The zero-order chi connectivity index (χ0) is 9.78. The summed E-state index contributed by atoms with van der Waals surface area (Å²) in [4.78, 5) is 0. The lowest BCUT2D eigenvalue weighted by Gasteiger charge is -2.21. The van der Waals surface area contributed by atoms with E-state index in [1.807, 2.05) is 20.8 Å². The third-order valence-electron chi connectivity index (χ3n) is 1.50. The minimum atomic E-state index is -0.917. The van der Waals surface area contributed by atoms with Crippen LogP contribution in [-0.4, -0.2) is 35.2 Å². The van der Waals surface area contributed by atoms with E-state index in [2.05, 4.69) is 0 Å². The molecule has 1 atom stereocenters. The van der Waals surface area contributed by atoms with Crippen molar-refractivity contribution in [3.05, 3.63) is 0 Å². The predicted molar refractivity (Wildman–Crippen MR) is 50.6 cm³/mol. The van der Waals surface area contributed by atoms with Crippen molar-refractivity contribution in [2.45, 2.75) is 31.8 Å². The molecule has 0 spiro atoms. The van der Waals surface area contributed by atoms with E-state index < -0.39 is 10.8 Å². The monoisotopic (exact) mass is 194 g/mol. The van der Waals surface area contributed by atoms with Crippen molar-refractivity contribution in [3.8, 4) is 0 Å². The first-order chi connectivity index (χ1) is 5.41. The maximum absolute atomic E-state index is 11.5. The number of rotatable bonds is 4. The molecular formula is C8H18O3S. The second kappa shape index (κ2) is 4.94. The SMILES string of the molecule is COC(CS(=O)C(C)(C)C)OC. The van der Waals surface area contributed by atoms with Crippen LogP contribution in [0.5, 0.6) is 0 Å². The molecule has 0 aromatic carbocycles. The van der Waals surface area contributed by atoms with Gasteiger partial charge in [-0.3, -0.25) is 4.21 Å². The van der Waals surface area contributed by atoms with E-state index in [0.29, 0.717) is 5.75 Å². The van der Waals surface area contributed by atoms with Gasteiger partial charge in [0.25, 0.3) is 0 Å². The molecule has 0 amide bonds. The number of hydrogen-bond acceptors (Lipinski definition) is 3. The molecule has 0 N–H and O–H groups in total. The zero-order valence-corrected chi connectivity index (χ0v) is 9.23. The van der Waals surface area contributed by atoms with Gasteiger partial charge in [0.15, 0.2) is 6.29 Å².